The Labute approximate surface area is 167 Å². The van der Waals surface area contributed by atoms with E-state index in [1.54, 1.807) is 0 Å². The van der Waals surface area contributed by atoms with Crippen LogP contribution in [0.1, 0.15) is 44.5 Å². The van der Waals surface area contributed by atoms with Crippen LogP contribution in [0.5, 0.6) is 0 Å². The van der Waals surface area contributed by atoms with E-state index in [0.29, 0.717) is 11.1 Å². The predicted molar refractivity (Wildman–Crippen MR) is 115 cm³/mol. The Hall–Kier alpha value is -3.36. The topological polar surface area (TPSA) is 47.6 Å². The van der Waals surface area contributed by atoms with Crippen LogP contribution in [0, 0.1) is 64.2 Å². The summed E-state index contributed by atoms with van der Waals surface area (Å²) in [6.45, 7) is 12.4. The molecule has 0 aliphatic rings. The van der Waals surface area contributed by atoms with Crippen molar-refractivity contribution in [1.29, 1.82) is 10.5 Å². The lowest BCUT2D eigenvalue weighted by atomic mass is 9.84. The van der Waals surface area contributed by atoms with Crippen molar-refractivity contribution in [2.24, 2.45) is 0 Å². The molecule has 0 radical (unpaired) electrons. The lowest BCUT2D eigenvalue weighted by Crippen LogP contribution is -1.99. The largest absolute Gasteiger partial charge is 0.192 e. The number of hydrogen-bond acceptors (Lipinski definition) is 2. The number of aryl methyl sites for hydroxylation is 6. The number of hydrogen-bond donors (Lipinski definition) is 0. The third-order valence-corrected chi connectivity index (χ3v) is 5.32. The van der Waals surface area contributed by atoms with E-state index in [2.05, 4.69) is 77.9 Å². The Balaban J connectivity index is 2.37. The third-order valence-electron chi connectivity index (χ3n) is 5.32. The molecule has 0 atom stereocenters. The van der Waals surface area contributed by atoms with Gasteiger partial charge >= 0.3 is 0 Å². The molecule has 0 saturated heterocycles. The van der Waals surface area contributed by atoms with Crippen molar-refractivity contribution >= 4 is 0 Å². The zero-order chi connectivity index (χ0) is 20.6. The van der Waals surface area contributed by atoms with Gasteiger partial charge in [-0.05, 0) is 74.9 Å². The molecule has 3 aromatic carbocycles. The van der Waals surface area contributed by atoms with Gasteiger partial charge < -0.3 is 0 Å². The number of nitriles is 2. The summed E-state index contributed by atoms with van der Waals surface area (Å²) < 4.78 is 0. The van der Waals surface area contributed by atoms with E-state index in [0.717, 1.165) is 44.5 Å². The van der Waals surface area contributed by atoms with E-state index in [9.17, 15) is 10.5 Å². The van der Waals surface area contributed by atoms with Crippen LogP contribution in [0.2, 0.25) is 0 Å². The van der Waals surface area contributed by atoms with Gasteiger partial charge in [-0.3, -0.25) is 0 Å². The molecular weight excluding hydrogens is 340 g/mol. The van der Waals surface area contributed by atoms with Crippen molar-refractivity contribution in [2.75, 3.05) is 0 Å². The van der Waals surface area contributed by atoms with E-state index >= 15 is 0 Å². The molecule has 0 heterocycles. The minimum atomic E-state index is 0.453. The van der Waals surface area contributed by atoms with Crippen molar-refractivity contribution in [2.45, 2.75) is 41.5 Å². The average molecular weight is 364 g/mol. The highest BCUT2D eigenvalue weighted by Gasteiger charge is 2.20. The quantitative estimate of drug-likeness (QED) is 0.513. The highest BCUT2D eigenvalue weighted by atomic mass is 14.3. The molecule has 0 aliphatic carbocycles. The molecule has 3 aromatic rings. The van der Waals surface area contributed by atoms with Crippen molar-refractivity contribution in [3.8, 4) is 34.4 Å². The second-order valence-electron chi connectivity index (χ2n) is 7.68. The van der Waals surface area contributed by atoms with Gasteiger partial charge in [-0.1, -0.05) is 47.5 Å². The number of rotatable bonds is 2. The lowest BCUT2D eigenvalue weighted by Gasteiger charge is -2.18. The molecule has 138 valence electrons. The summed E-state index contributed by atoms with van der Waals surface area (Å²) in [4.78, 5) is 0. The molecule has 0 aromatic heterocycles. The van der Waals surface area contributed by atoms with Gasteiger partial charge in [0, 0.05) is 11.1 Å². The second-order valence-corrected chi connectivity index (χ2v) is 7.68. The molecule has 0 N–H and O–H groups in total. The summed E-state index contributed by atoms with van der Waals surface area (Å²) in [5.41, 5.74) is 11.5. The summed E-state index contributed by atoms with van der Waals surface area (Å²) in [6, 6.07) is 17.1. The minimum absolute atomic E-state index is 0.453. The highest BCUT2D eigenvalue weighted by Crippen LogP contribution is 2.38. The lowest BCUT2D eigenvalue weighted by molar-refractivity contribution is 1.30. The fraction of sp³-hybridized carbons (Fsp3) is 0.231. The maximum absolute atomic E-state index is 9.98. The van der Waals surface area contributed by atoms with Gasteiger partial charge in [0.2, 0.25) is 0 Å². The maximum Gasteiger partial charge on any atom is 0.101 e. The van der Waals surface area contributed by atoms with Crippen LogP contribution in [0.3, 0.4) is 0 Å². The van der Waals surface area contributed by atoms with Crippen molar-refractivity contribution in [3.63, 3.8) is 0 Å². The third kappa shape index (κ3) is 3.19. The zero-order valence-corrected chi connectivity index (χ0v) is 17.4. The van der Waals surface area contributed by atoms with E-state index in [-0.39, 0.29) is 0 Å². The zero-order valence-electron chi connectivity index (χ0n) is 17.4. The van der Waals surface area contributed by atoms with Gasteiger partial charge in [0.15, 0.2) is 0 Å². The molecule has 2 heteroatoms. The van der Waals surface area contributed by atoms with E-state index in [1.807, 2.05) is 12.1 Å². The second kappa shape index (κ2) is 7.34. The molecule has 0 unspecified atom stereocenters. The fourth-order valence-electron chi connectivity index (χ4n) is 4.46. The van der Waals surface area contributed by atoms with Gasteiger partial charge in [-0.25, -0.2) is 0 Å². The molecule has 0 bridgehead atoms. The van der Waals surface area contributed by atoms with Crippen LogP contribution in [-0.2, 0) is 0 Å². The highest BCUT2D eigenvalue weighted by molar-refractivity contribution is 5.86. The summed E-state index contributed by atoms with van der Waals surface area (Å²) >= 11 is 0. The predicted octanol–water partition coefficient (Wildman–Crippen LogP) is 6.61. The molecular formula is C26H24N2. The maximum atomic E-state index is 9.98. The first-order valence-corrected chi connectivity index (χ1v) is 9.42. The SMILES string of the molecule is Cc1cc(C)c(-c2ccc(-c3c(C)cc(C)cc3C)c(C#N)c2C#N)c(C)c1. The average Bonchev–Trinajstić information content (AvgIpc) is 2.60. The first-order valence-electron chi connectivity index (χ1n) is 9.42. The summed E-state index contributed by atoms with van der Waals surface area (Å²) in [7, 11) is 0. The van der Waals surface area contributed by atoms with Crippen LogP contribution in [0.4, 0.5) is 0 Å². The van der Waals surface area contributed by atoms with Crippen LogP contribution in [0.15, 0.2) is 36.4 Å². The van der Waals surface area contributed by atoms with Crippen molar-refractivity contribution in [1.82, 2.24) is 0 Å². The Bertz CT molecular complexity index is 1040. The Morgan fingerprint density at radius 3 is 1.07 bits per heavy atom. The molecule has 0 saturated carbocycles. The van der Waals surface area contributed by atoms with Gasteiger partial charge in [-0.2, -0.15) is 10.5 Å². The molecule has 0 fully saturated rings. The summed E-state index contributed by atoms with van der Waals surface area (Å²) in [6.07, 6.45) is 0. The molecule has 2 nitrogen and oxygen atoms in total. The Morgan fingerprint density at radius 2 is 0.821 bits per heavy atom. The van der Waals surface area contributed by atoms with Gasteiger partial charge in [-0.15, -0.1) is 0 Å². The Kier molecular flexibility index (Phi) is 5.08. The van der Waals surface area contributed by atoms with Crippen LogP contribution < -0.4 is 0 Å². The molecule has 3 rings (SSSR count). The van der Waals surface area contributed by atoms with Crippen LogP contribution >= 0.6 is 0 Å². The smallest absolute Gasteiger partial charge is 0.101 e. The van der Waals surface area contributed by atoms with Crippen molar-refractivity contribution in [3.05, 3.63) is 80.9 Å². The van der Waals surface area contributed by atoms with E-state index in [4.69, 9.17) is 0 Å². The number of nitrogens with zero attached hydrogens (tertiary/aromatic N) is 2. The fourth-order valence-corrected chi connectivity index (χ4v) is 4.46. The van der Waals surface area contributed by atoms with Crippen LogP contribution in [-0.4, -0.2) is 0 Å². The van der Waals surface area contributed by atoms with Gasteiger partial charge in [0.05, 0.1) is 11.1 Å². The normalized spacial score (nSPS) is 10.4. The molecule has 0 aliphatic heterocycles. The van der Waals surface area contributed by atoms with Crippen LogP contribution in [0.25, 0.3) is 22.3 Å². The van der Waals surface area contributed by atoms with Crippen molar-refractivity contribution < 1.29 is 0 Å². The van der Waals surface area contributed by atoms with Gasteiger partial charge in [0.25, 0.3) is 0 Å². The Morgan fingerprint density at radius 1 is 0.536 bits per heavy atom. The standard InChI is InChI=1S/C26H24N2/c1-15-9-17(3)25(18(4)10-15)21-7-8-22(24(14-28)23(21)13-27)26-19(5)11-16(2)12-20(26)6/h7-12H,1-6H3. The van der Waals surface area contributed by atoms with E-state index < -0.39 is 0 Å². The van der Waals surface area contributed by atoms with Gasteiger partial charge in [0.1, 0.15) is 12.1 Å². The molecule has 28 heavy (non-hydrogen) atoms. The molecule has 0 spiro atoms. The summed E-state index contributed by atoms with van der Waals surface area (Å²) in [5.74, 6) is 0. The first kappa shape index (κ1) is 19.4. The monoisotopic (exact) mass is 364 g/mol. The number of benzene rings is 3. The summed E-state index contributed by atoms with van der Waals surface area (Å²) in [5, 5.41) is 20.0. The van der Waals surface area contributed by atoms with E-state index in [1.165, 1.54) is 11.1 Å². The first-order chi connectivity index (χ1) is 13.3. The minimum Gasteiger partial charge on any atom is -0.192 e. The molecule has 0 amide bonds.